The minimum absolute atomic E-state index is 0.239. The highest BCUT2D eigenvalue weighted by molar-refractivity contribution is 5.28. The number of hydrogen-bond acceptors (Lipinski definition) is 3. The van der Waals surface area contributed by atoms with Gasteiger partial charge < -0.3 is 14.6 Å². The van der Waals surface area contributed by atoms with Crippen molar-refractivity contribution >= 4 is 0 Å². The number of nitrogens with one attached hydrogen (secondary N) is 1. The van der Waals surface area contributed by atoms with Gasteiger partial charge in [-0.05, 0) is 37.1 Å². The molecule has 0 saturated heterocycles. The second kappa shape index (κ2) is 7.10. The molecule has 1 aromatic heterocycles. The van der Waals surface area contributed by atoms with Crippen LogP contribution in [0.1, 0.15) is 30.8 Å². The van der Waals surface area contributed by atoms with E-state index in [-0.39, 0.29) is 6.04 Å². The molecule has 1 unspecified atom stereocenters. The summed E-state index contributed by atoms with van der Waals surface area (Å²) < 4.78 is 7.28. The van der Waals surface area contributed by atoms with Crippen LogP contribution < -0.4 is 10.1 Å². The van der Waals surface area contributed by atoms with Gasteiger partial charge in [-0.1, -0.05) is 19.1 Å². The highest BCUT2D eigenvalue weighted by Crippen LogP contribution is 2.19. The maximum atomic E-state index is 5.20. The van der Waals surface area contributed by atoms with Gasteiger partial charge in [-0.25, -0.2) is 4.98 Å². The largest absolute Gasteiger partial charge is 0.497 e. The van der Waals surface area contributed by atoms with Gasteiger partial charge in [0.05, 0.1) is 13.2 Å². The number of nitrogens with zero attached hydrogens (tertiary/aromatic N) is 2. The summed E-state index contributed by atoms with van der Waals surface area (Å²) in [5.74, 6) is 1.97. The van der Waals surface area contributed by atoms with E-state index in [1.165, 1.54) is 5.56 Å². The molecule has 108 valence electrons. The van der Waals surface area contributed by atoms with E-state index in [1.54, 1.807) is 7.11 Å². The van der Waals surface area contributed by atoms with Crippen molar-refractivity contribution in [1.82, 2.24) is 14.9 Å². The van der Waals surface area contributed by atoms with Crippen LogP contribution in [0.2, 0.25) is 0 Å². The number of aromatic nitrogens is 2. The summed E-state index contributed by atoms with van der Waals surface area (Å²) in [6.45, 7) is 3.17. The molecule has 0 bridgehead atoms. The first kappa shape index (κ1) is 14.6. The molecule has 20 heavy (non-hydrogen) atoms. The summed E-state index contributed by atoms with van der Waals surface area (Å²) in [5.41, 5.74) is 1.28. The fourth-order valence-corrected chi connectivity index (χ4v) is 2.28. The Labute approximate surface area is 120 Å². The number of methoxy groups -OCH3 is 1. The molecule has 0 amide bonds. The Morgan fingerprint density at radius 3 is 2.60 bits per heavy atom. The number of imidazole rings is 1. The normalized spacial score (nSPS) is 12.3. The second-order valence-corrected chi connectivity index (χ2v) is 4.96. The van der Waals surface area contributed by atoms with E-state index < -0.39 is 0 Å². The Hall–Kier alpha value is -1.81. The summed E-state index contributed by atoms with van der Waals surface area (Å²) in [6.07, 6.45) is 5.88. The molecule has 0 radical (unpaired) electrons. The maximum absolute atomic E-state index is 5.20. The predicted octanol–water partition coefficient (Wildman–Crippen LogP) is 2.71. The molecule has 1 N–H and O–H groups in total. The van der Waals surface area contributed by atoms with E-state index >= 15 is 0 Å². The molecule has 1 atom stereocenters. The summed E-state index contributed by atoms with van der Waals surface area (Å²) in [5, 5.41) is 3.58. The van der Waals surface area contributed by atoms with Crippen molar-refractivity contribution in [2.75, 3.05) is 13.7 Å². The SMILES string of the molecule is CCCNC(Cc1ccc(OC)cc1)c1nccn1C. The summed E-state index contributed by atoms with van der Waals surface area (Å²) in [7, 11) is 3.73. The fourth-order valence-electron chi connectivity index (χ4n) is 2.28. The van der Waals surface area contributed by atoms with Crippen molar-refractivity contribution in [2.24, 2.45) is 7.05 Å². The van der Waals surface area contributed by atoms with E-state index in [2.05, 4.69) is 33.9 Å². The summed E-state index contributed by atoms with van der Waals surface area (Å²) in [4.78, 5) is 4.47. The molecule has 2 aromatic rings. The molecule has 0 fully saturated rings. The van der Waals surface area contributed by atoms with Crippen LogP contribution in [0, 0.1) is 0 Å². The van der Waals surface area contributed by atoms with Crippen LogP contribution in [0.15, 0.2) is 36.7 Å². The van der Waals surface area contributed by atoms with Crippen LogP contribution >= 0.6 is 0 Å². The number of aryl methyl sites for hydroxylation is 1. The van der Waals surface area contributed by atoms with Gasteiger partial charge in [0.1, 0.15) is 11.6 Å². The van der Waals surface area contributed by atoms with E-state index in [9.17, 15) is 0 Å². The first-order valence-electron chi connectivity index (χ1n) is 7.08. The van der Waals surface area contributed by atoms with Crippen molar-refractivity contribution in [3.63, 3.8) is 0 Å². The summed E-state index contributed by atoms with van der Waals surface area (Å²) >= 11 is 0. The topological polar surface area (TPSA) is 39.1 Å². The molecule has 0 spiro atoms. The first-order chi connectivity index (χ1) is 9.74. The third-order valence-corrected chi connectivity index (χ3v) is 3.41. The van der Waals surface area contributed by atoms with Gasteiger partial charge in [0.2, 0.25) is 0 Å². The Morgan fingerprint density at radius 1 is 1.30 bits per heavy atom. The van der Waals surface area contributed by atoms with Crippen molar-refractivity contribution in [1.29, 1.82) is 0 Å². The molecular weight excluding hydrogens is 250 g/mol. The van der Waals surface area contributed by atoms with Gasteiger partial charge in [0, 0.05) is 19.4 Å². The Balaban J connectivity index is 2.12. The monoisotopic (exact) mass is 273 g/mol. The molecule has 4 nitrogen and oxygen atoms in total. The lowest BCUT2D eigenvalue weighted by molar-refractivity contribution is 0.414. The van der Waals surface area contributed by atoms with Crippen LogP contribution in [0.4, 0.5) is 0 Å². The van der Waals surface area contributed by atoms with Crippen molar-refractivity contribution in [2.45, 2.75) is 25.8 Å². The van der Waals surface area contributed by atoms with Crippen molar-refractivity contribution in [3.05, 3.63) is 48.0 Å². The van der Waals surface area contributed by atoms with E-state index in [1.807, 2.05) is 31.6 Å². The molecule has 0 aliphatic heterocycles. The van der Waals surface area contributed by atoms with Gasteiger partial charge in [-0.2, -0.15) is 0 Å². The zero-order valence-electron chi connectivity index (χ0n) is 12.5. The lowest BCUT2D eigenvalue weighted by Gasteiger charge is -2.18. The molecule has 0 saturated carbocycles. The Morgan fingerprint density at radius 2 is 2.05 bits per heavy atom. The van der Waals surface area contributed by atoms with E-state index in [0.717, 1.165) is 31.0 Å². The van der Waals surface area contributed by atoms with Crippen molar-refractivity contribution in [3.8, 4) is 5.75 Å². The molecule has 0 aliphatic carbocycles. The second-order valence-electron chi connectivity index (χ2n) is 4.96. The number of ether oxygens (including phenoxy) is 1. The van der Waals surface area contributed by atoms with Crippen LogP contribution in [-0.2, 0) is 13.5 Å². The average Bonchev–Trinajstić information content (AvgIpc) is 2.90. The lowest BCUT2D eigenvalue weighted by Crippen LogP contribution is -2.26. The van der Waals surface area contributed by atoms with Crippen LogP contribution in [0.5, 0.6) is 5.75 Å². The number of rotatable bonds is 7. The molecule has 4 heteroatoms. The zero-order chi connectivity index (χ0) is 14.4. The third kappa shape index (κ3) is 3.61. The molecule has 0 aliphatic rings. The average molecular weight is 273 g/mol. The minimum Gasteiger partial charge on any atom is -0.497 e. The molecule has 2 rings (SSSR count). The molecular formula is C16H23N3O. The quantitative estimate of drug-likeness (QED) is 0.843. The highest BCUT2D eigenvalue weighted by atomic mass is 16.5. The predicted molar refractivity (Wildman–Crippen MR) is 80.9 cm³/mol. The smallest absolute Gasteiger partial charge is 0.125 e. The Kier molecular flexibility index (Phi) is 5.18. The van der Waals surface area contributed by atoms with Crippen molar-refractivity contribution < 1.29 is 4.74 Å². The number of hydrogen-bond donors (Lipinski definition) is 1. The van der Waals surface area contributed by atoms with E-state index in [0.29, 0.717) is 0 Å². The Bertz CT molecular complexity index is 519. The van der Waals surface area contributed by atoms with Gasteiger partial charge in [-0.3, -0.25) is 0 Å². The van der Waals surface area contributed by atoms with Gasteiger partial charge in [-0.15, -0.1) is 0 Å². The first-order valence-corrected chi connectivity index (χ1v) is 7.08. The number of benzene rings is 1. The van der Waals surface area contributed by atoms with Crippen LogP contribution in [0.3, 0.4) is 0 Å². The van der Waals surface area contributed by atoms with Gasteiger partial charge in [0.25, 0.3) is 0 Å². The third-order valence-electron chi connectivity index (χ3n) is 3.41. The fraction of sp³-hybridized carbons (Fsp3) is 0.438. The van der Waals surface area contributed by atoms with Crippen LogP contribution in [0.25, 0.3) is 0 Å². The maximum Gasteiger partial charge on any atom is 0.125 e. The van der Waals surface area contributed by atoms with Gasteiger partial charge in [0.15, 0.2) is 0 Å². The molecule has 1 aromatic carbocycles. The standard InChI is InChI=1S/C16H23N3O/c1-4-9-17-15(16-18-10-11-19(16)2)12-13-5-7-14(20-3)8-6-13/h5-8,10-11,15,17H,4,9,12H2,1-3H3. The molecule has 1 heterocycles. The van der Waals surface area contributed by atoms with Crippen LogP contribution in [-0.4, -0.2) is 23.2 Å². The van der Waals surface area contributed by atoms with Gasteiger partial charge >= 0.3 is 0 Å². The minimum atomic E-state index is 0.239. The van der Waals surface area contributed by atoms with E-state index in [4.69, 9.17) is 4.74 Å². The summed E-state index contributed by atoms with van der Waals surface area (Å²) in [6, 6.07) is 8.48. The highest BCUT2D eigenvalue weighted by Gasteiger charge is 2.15. The lowest BCUT2D eigenvalue weighted by atomic mass is 10.0. The zero-order valence-corrected chi connectivity index (χ0v) is 12.5.